The summed E-state index contributed by atoms with van der Waals surface area (Å²) < 4.78 is 27.9. The van der Waals surface area contributed by atoms with Crippen molar-refractivity contribution in [2.45, 2.75) is 50.1 Å². The lowest BCUT2D eigenvalue weighted by Crippen LogP contribution is -2.44. The van der Waals surface area contributed by atoms with Gasteiger partial charge in [-0.25, -0.2) is 8.42 Å². The Labute approximate surface area is 202 Å². The van der Waals surface area contributed by atoms with Crippen LogP contribution < -0.4 is 5.32 Å². The summed E-state index contributed by atoms with van der Waals surface area (Å²) in [6.07, 6.45) is 3.58. The molecule has 2 heterocycles. The molecule has 0 aliphatic carbocycles. The average Bonchev–Trinajstić information content (AvgIpc) is 2.81. The van der Waals surface area contributed by atoms with Crippen LogP contribution in [0.25, 0.3) is 0 Å². The van der Waals surface area contributed by atoms with E-state index in [0.717, 1.165) is 45.3 Å². The molecule has 0 unspecified atom stereocenters. The molecule has 0 spiro atoms. The Bertz CT molecular complexity index is 1070. The predicted molar refractivity (Wildman–Crippen MR) is 131 cm³/mol. The van der Waals surface area contributed by atoms with Gasteiger partial charge in [-0.2, -0.15) is 4.31 Å². The normalized spacial score (nSPS) is 21.1. The maximum absolute atomic E-state index is 13.2. The third-order valence-corrected chi connectivity index (χ3v) is 8.95. The van der Waals surface area contributed by atoms with Crippen molar-refractivity contribution < 1.29 is 13.2 Å². The van der Waals surface area contributed by atoms with Gasteiger partial charge in [0.25, 0.3) is 5.91 Å². The second-order valence-corrected chi connectivity index (χ2v) is 11.6. The van der Waals surface area contributed by atoms with Crippen molar-refractivity contribution in [3.8, 4) is 0 Å². The number of likely N-dealkylation sites (tertiary alicyclic amines) is 1. The Morgan fingerprint density at radius 3 is 2.48 bits per heavy atom. The van der Waals surface area contributed by atoms with Crippen LogP contribution in [0.1, 0.15) is 48.5 Å². The number of halogens is 1. The Kier molecular flexibility index (Phi) is 7.74. The first-order chi connectivity index (χ1) is 15.8. The van der Waals surface area contributed by atoms with Crippen LogP contribution in [0.2, 0.25) is 5.02 Å². The lowest BCUT2D eigenvalue weighted by Gasteiger charge is -2.32. The number of amides is 1. The van der Waals surface area contributed by atoms with Crippen molar-refractivity contribution in [3.63, 3.8) is 0 Å². The molecule has 33 heavy (non-hydrogen) atoms. The maximum Gasteiger partial charge on any atom is 0.251 e. The smallest absolute Gasteiger partial charge is 0.251 e. The number of carbonyl (C=O) groups excluding carboxylic acids is 1. The number of nitrogens with zero attached hydrogens (tertiary/aromatic N) is 2. The molecule has 1 atom stereocenters. The molecule has 2 saturated heterocycles. The van der Waals surface area contributed by atoms with Gasteiger partial charge >= 0.3 is 0 Å². The van der Waals surface area contributed by atoms with Crippen molar-refractivity contribution in [2.75, 3.05) is 26.2 Å². The molecule has 2 aliphatic rings. The molecule has 1 amide bonds. The van der Waals surface area contributed by atoms with E-state index in [-0.39, 0.29) is 21.9 Å². The van der Waals surface area contributed by atoms with E-state index in [1.807, 2.05) is 6.07 Å². The van der Waals surface area contributed by atoms with E-state index in [1.165, 1.54) is 22.0 Å². The zero-order chi connectivity index (χ0) is 23.4. The Morgan fingerprint density at radius 1 is 1.06 bits per heavy atom. The van der Waals surface area contributed by atoms with Crippen LogP contribution in [0.3, 0.4) is 0 Å². The number of nitrogens with one attached hydrogen (secondary N) is 1. The Morgan fingerprint density at radius 2 is 1.79 bits per heavy atom. The Balaban J connectivity index is 1.38. The van der Waals surface area contributed by atoms with Gasteiger partial charge < -0.3 is 5.32 Å². The number of rotatable bonds is 6. The highest BCUT2D eigenvalue weighted by Crippen LogP contribution is 2.29. The van der Waals surface area contributed by atoms with E-state index in [4.69, 9.17) is 11.6 Å². The van der Waals surface area contributed by atoms with E-state index < -0.39 is 10.0 Å². The molecule has 1 N–H and O–H groups in total. The van der Waals surface area contributed by atoms with Crippen LogP contribution in [0.4, 0.5) is 0 Å². The first-order valence-corrected chi connectivity index (χ1v) is 13.5. The molecule has 0 radical (unpaired) electrons. The molecule has 6 nitrogen and oxygen atoms in total. The minimum Gasteiger partial charge on any atom is -0.349 e. The molecule has 0 saturated carbocycles. The van der Waals surface area contributed by atoms with E-state index in [1.54, 1.807) is 6.07 Å². The fraction of sp³-hybridized carbons (Fsp3) is 0.480. The van der Waals surface area contributed by atoms with Crippen molar-refractivity contribution in [1.29, 1.82) is 0 Å². The molecule has 8 heteroatoms. The number of carbonyl (C=O) groups is 1. The molecule has 2 aliphatic heterocycles. The number of piperidine rings is 2. The lowest BCUT2D eigenvalue weighted by atomic mass is 10.0. The number of benzene rings is 2. The summed E-state index contributed by atoms with van der Waals surface area (Å²) in [6, 6.07) is 15.0. The fourth-order valence-corrected chi connectivity index (χ4v) is 6.79. The highest BCUT2D eigenvalue weighted by Gasteiger charge is 2.31. The maximum atomic E-state index is 13.2. The second-order valence-electron chi connectivity index (χ2n) is 9.27. The standard InChI is InChI=1S/C25H32ClN3O3S/c1-19-6-5-13-29(17-19)33(31,32)24-16-21(9-10-23(24)26)25(30)27-22-11-14-28(15-12-22)18-20-7-3-2-4-8-20/h2-4,7-10,16,19,22H,5-6,11-15,17-18H2,1H3,(H,27,30)/t19-/m0/s1. The minimum absolute atomic E-state index is 0.0172. The molecule has 0 bridgehead atoms. The number of sulfonamides is 1. The number of hydrogen-bond donors (Lipinski definition) is 1. The monoisotopic (exact) mass is 489 g/mol. The SMILES string of the molecule is C[C@H]1CCCN(S(=O)(=O)c2cc(C(=O)NC3CCN(Cc4ccccc4)CC3)ccc2Cl)C1. The van der Waals surface area contributed by atoms with Crippen LogP contribution in [0.5, 0.6) is 0 Å². The summed E-state index contributed by atoms with van der Waals surface area (Å²) in [5.74, 6) is 0.0585. The third-order valence-electron chi connectivity index (χ3n) is 6.60. The topological polar surface area (TPSA) is 69.7 Å². The average molecular weight is 490 g/mol. The summed E-state index contributed by atoms with van der Waals surface area (Å²) in [5, 5.41) is 3.24. The second kappa shape index (κ2) is 10.6. The van der Waals surface area contributed by atoms with Crippen LogP contribution >= 0.6 is 11.6 Å². The van der Waals surface area contributed by atoms with E-state index >= 15 is 0 Å². The first-order valence-electron chi connectivity index (χ1n) is 11.7. The van der Waals surface area contributed by atoms with Crippen molar-refractivity contribution >= 4 is 27.5 Å². The van der Waals surface area contributed by atoms with Gasteiger partial charge in [0, 0.05) is 44.3 Å². The van der Waals surface area contributed by atoms with Gasteiger partial charge in [-0.05, 0) is 55.4 Å². The fourth-order valence-electron chi connectivity index (χ4n) is 4.69. The van der Waals surface area contributed by atoms with Gasteiger partial charge in [0.1, 0.15) is 4.90 Å². The van der Waals surface area contributed by atoms with Crippen LogP contribution in [0, 0.1) is 5.92 Å². The minimum atomic E-state index is -3.74. The van der Waals surface area contributed by atoms with Gasteiger partial charge in [-0.1, -0.05) is 48.9 Å². The summed E-state index contributed by atoms with van der Waals surface area (Å²) >= 11 is 6.27. The summed E-state index contributed by atoms with van der Waals surface area (Å²) in [6.45, 7) is 5.76. The lowest BCUT2D eigenvalue weighted by molar-refractivity contribution is 0.0908. The van der Waals surface area contributed by atoms with Gasteiger partial charge in [0.2, 0.25) is 10.0 Å². The van der Waals surface area contributed by atoms with Crippen LogP contribution in [0.15, 0.2) is 53.4 Å². The molecule has 2 aromatic carbocycles. The molecular formula is C25H32ClN3O3S. The number of hydrogen-bond acceptors (Lipinski definition) is 4. The zero-order valence-electron chi connectivity index (χ0n) is 19.0. The van der Waals surface area contributed by atoms with E-state index in [9.17, 15) is 13.2 Å². The highest BCUT2D eigenvalue weighted by atomic mass is 35.5. The molecule has 0 aromatic heterocycles. The third kappa shape index (κ3) is 5.96. The van der Waals surface area contributed by atoms with Crippen LogP contribution in [-0.4, -0.2) is 55.8 Å². The van der Waals surface area contributed by atoms with Gasteiger partial charge in [-0.15, -0.1) is 0 Å². The summed E-state index contributed by atoms with van der Waals surface area (Å²) in [4.78, 5) is 15.3. The zero-order valence-corrected chi connectivity index (χ0v) is 20.6. The van der Waals surface area contributed by atoms with Crippen molar-refractivity contribution in [1.82, 2.24) is 14.5 Å². The first kappa shape index (κ1) is 24.2. The molecule has 178 valence electrons. The quantitative estimate of drug-likeness (QED) is 0.661. The Hall–Kier alpha value is -1.93. The van der Waals surface area contributed by atoms with Crippen LogP contribution in [-0.2, 0) is 16.6 Å². The summed E-state index contributed by atoms with van der Waals surface area (Å²) in [5.41, 5.74) is 1.62. The van der Waals surface area contributed by atoms with Crippen molar-refractivity contribution in [3.05, 3.63) is 64.7 Å². The van der Waals surface area contributed by atoms with E-state index in [0.29, 0.717) is 24.6 Å². The van der Waals surface area contributed by atoms with Gasteiger partial charge in [0.15, 0.2) is 0 Å². The molecule has 2 aromatic rings. The molecule has 4 rings (SSSR count). The van der Waals surface area contributed by atoms with Gasteiger partial charge in [0.05, 0.1) is 5.02 Å². The highest BCUT2D eigenvalue weighted by molar-refractivity contribution is 7.89. The van der Waals surface area contributed by atoms with E-state index in [2.05, 4.69) is 41.4 Å². The van der Waals surface area contributed by atoms with Crippen molar-refractivity contribution in [2.24, 2.45) is 5.92 Å². The summed E-state index contributed by atoms with van der Waals surface area (Å²) in [7, 11) is -3.74. The molecular weight excluding hydrogens is 458 g/mol. The largest absolute Gasteiger partial charge is 0.349 e. The molecule has 2 fully saturated rings. The predicted octanol–water partition coefficient (Wildman–Crippen LogP) is 4.16. The van der Waals surface area contributed by atoms with Gasteiger partial charge in [-0.3, -0.25) is 9.69 Å².